The van der Waals surface area contributed by atoms with Crippen molar-refractivity contribution in [3.63, 3.8) is 0 Å². The molecule has 0 aromatic rings. The van der Waals surface area contributed by atoms with Crippen molar-refractivity contribution in [2.24, 2.45) is 11.1 Å². The third-order valence-corrected chi connectivity index (χ3v) is 5.13. The van der Waals surface area contributed by atoms with Crippen LogP contribution < -0.4 is 5.73 Å². The molecule has 2 N–H and O–H groups in total. The molecule has 2 aliphatic carbocycles. The van der Waals surface area contributed by atoms with E-state index in [1.807, 2.05) is 0 Å². The van der Waals surface area contributed by atoms with E-state index in [1.165, 1.54) is 70.8 Å². The van der Waals surface area contributed by atoms with E-state index in [0.29, 0.717) is 5.41 Å². The molecule has 2 aliphatic rings. The molecule has 2 heteroatoms. The highest BCUT2D eigenvalue weighted by Gasteiger charge is 2.33. The standard InChI is InChI=1S/C15H30N2/c1-17(14-8-4-2-5-9-14)13-15(12-16)10-6-3-7-11-15/h14H,2-13,16H2,1H3. The lowest BCUT2D eigenvalue weighted by Gasteiger charge is -2.42. The van der Waals surface area contributed by atoms with Gasteiger partial charge < -0.3 is 10.6 Å². The first kappa shape index (κ1) is 13.4. The van der Waals surface area contributed by atoms with E-state index in [-0.39, 0.29) is 0 Å². The number of hydrogen-bond acceptors (Lipinski definition) is 2. The number of rotatable bonds is 4. The Labute approximate surface area is 107 Å². The number of hydrogen-bond donors (Lipinski definition) is 1. The summed E-state index contributed by atoms with van der Waals surface area (Å²) < 4.78 is 0. The Morgan fingerprint density at radius 3 is 2.18 bits per heavy atom. The fourth-order valence-electron chi connectivity index (χ4n) is 3.91. The zero-order valence-corrected chi connectivity index (χ0v) is 11.6. The first-order valence-corrected chi connectivity index (χ1v) is 7.66. The summed E-state index contributed by atoms with van der Waals surface area (Å²) in [4.78, 5) is 2.64. The molecule has 0 saturated heterocycles. The van der Waals surface area contributed by atoms with E-state index in [4.69, 9.17) is 5.73 Å². The van der Waals surface area contributed by atoms with Gasteiger partial charge in [-0.3, -0.25) is 0 Å². The van der Waals surface area contributed by atoms with Crippen LogP contribution >= 0.6 is 0 Å². The smallest absolute Gasteiger partial charge is 0.00924 e. The Morgan fingerprint density at radius 2 is 1.59 bits per heavy atom. The highest BCUT2D eigenvalue weighted by molar-refractivity contribution is 4.88. The van der Waals surface area contributed by atoms with Gasteiger partial charge in [-0.2, -0.15) is 0 Å². The normalized spacial score (nSPS) is 26.3. The predicted molar refractivity (Wildman–Crippen MR) is 74.1 cm³/mol. The van der Waals surface area contributed by atoms with Crippen molar-refractivity contribution in [2.45, 2.75) is 70.3 Å². The average molecular weight is 238 g/mol. The Balaban J connectivity index is 1.88. The Kier molecular flexibility index (Phi) is 4.87. The Bertz CT molecular complexity index is 215. The summed E-state index contributed by atoms with van der Waals surface area (Å²) in [5, 5.41) is 0. The van der Waals surface area contributed by atoms with Gasteiger partial charge >= 0.3 is 0 Å². The first-order valence-electron chi connectivity index (χ1n) is 7.66. The quantitative estimate of drug-likeness (QED) is 0.815. The second-order valence-electron chi connectivity index (χ2n) is 6.47. The van der Waals surface area contributed by atoms with Crippen LogP contribution in [-0.2, 0) is 0 Å². The first-order chi connectivity index (χ1) is 8.26. The van der Waals surface area contributed by atoms with Crippen LogP contribution in [0.3, 0.4) is 0 Å². The van der Waals surface area contributed by atoms with E-state index in [2.05, 4.69) is 11.9 Å². The molecule has 0 spiro atoms. The van der Waals surface area contributed by atoms with E-state index >= 15 is 0 Å². The number of nitrogens with zero attached hydrogens (tertiary/aromatic N) is 1. The lowest BCUT2D eigenvalue weighted by Crippen LogP contribution is -2.46. The fraction of sp³-hybridized carbons (Fsp3) is 1.00. The van der Waals surface area contributed by atoms with Crippen LogP contribution in [0.15, 0.2) is 0 Å². The van der Waals surface area contributed by atoms with Crippen LogP contribution in [0.4, 0.5) is 0 Å². The van der Waals surface area contributed by atoms with E-state index in [0.717, 1.165) is 12.6 Å². The van der Waals surface area contributed by atoms with Crippen molar-refractivity contribution in [1.29, 1.82) is 0 Å². The minimum Gasteiger partial charge on any atom is -0.330 e. The molecule has 0 aromatic heterocycles. The van der Waals surface area contributed by atoms with Gasteiger partial charge in [0.15, 0.2) is 0 Å². The van der Waals surface area contributed by atoms with Gasteiger partial charge in [0.05, 0.1) is 0 Å². The van der Waals surface area contributed by atoms with Gasteiger partial charge in [0, 0.05) is 12.6 Å². The van der Waals surface area contributed by atoms with E-state index < -0.39 is 0 Å². The molecular formula is C15H30N2. The zero-order valence-electron chi connectivity index (χ0n) is 11.6. The molecule has 0 radical (unpaired) electrons. The molecular weight excluding hydrogens is 208 g/mol. The molecule has 0 unspecified atom stereocenters. The average Bonchev–Trinajstić information content (AvgIpc) is 2.41. The van der Waals surface area contributed by atoms with Gasteiger partial charge in [0.1, 0.15) is 0 Å². The van der Waals surface area contributed by atoms with Gasteiger partial charge in [0.2, 0.25) is 0 Å². The molecule has 2 saturated carbocycles. The van der Waals surface area contributed by atoms with Gasteiger partial charge in [-0.1, -0.05) is 38.5 Å². The summed E-state index contributed by atoms with van der Waals surface area (Å²) in [5.41, 5.74) is 6.54. The molecule has 0 aromatic carbocycles. The lowest BCUT2D eigenvalue weighted by atomic mass is 9.73. The summed E-state index contributed by atoms with van der Waals surface area (Å²) >= 11 is 0. The van der Waals surface area contributed by atoms with Crippen molar-refractivity contribution in [1.82, 2.24) is 4.90 Å². The topological polar surface area (TPSA) is 29.3 Å². The minimum atomic E-state index is 0.449. The van der Waals surface area contributed by atoms with Crippen molar-refractivity contribution in [3.05, 3.63) is 0 Å². The number of nitrogens with two attached hydrogens (primary N) is 1. The molecule has 2 fully saturated rings. The van der Waals surface area contributed by atoms with Gasteiger partial charge in [-0.25, -0.2) is 0 Å². The SMILES string of the molecule is CN(CC1(CN)CCCCC1)C1CCCCC1. The van der Waals surface area contributed by atoms with Gasteiger partial charge in [0.25, 0.3) is 0 Å². The summed E-state index contributed by atoms with van der Waals surface area (Å²) in [6.07, 6.45) is 14.1. The van der Waals surface area contributed by atoms with Crippen LogP contribution in [0.25, 0.3) is 0 Å². The Morgan fingerprint density at radius 1 is 1.00 bits per heavy atom. The third-order valence-electron chi connectivity index (χ3n) is 5.13. The maximum Gasteiger partial charge on any atom is 0.00924 e. The summed E-state index contributed by atoms with van der Waals surface area (Å²) in [5.74, 6) is 0. The third kappa shape index (κ3) is 3.45. The van der Waals surface area contributed by atoms with Crippen molar-refractivity contribution in [3.8, 4) is 0 Å². The van der Waals surface area contributed by atoms with Crippen LogP contribution in [0.2, 0.25) is 0 Å². The zero-order chi connectivity index (χ0) is 12.1. The second-order valence-corrected chi connectivity index (χ2v) is 6.47. The minimum absolute atomic E-state index is 0.449. The molecule has 0 atom stereocenters. The highest BCUT2D eigenvalue weighted by atomic mass is 15.1. The second kappa shape index (κ2) is 6.19. The summed E-state index contributed by atoms with van der Waals surface area (Å²) in [7, 11) is 2.34. The van der Waals surface area contributed by atoms with Crippen LogP contribution in [0.1, 0.15) is 64.2 Å². The van der Waals surface area contributed by atoms with Crippen molar-refractivity contribution >= 4 is 0 Å². The molecule has 100 valence electrons. The van der Waals surface area contributed by atoms with E-state index in [1.54, 1.807) is 0 Å². The molecule has 2 rings (SSSR count). The maximum absolute atomic E-state index is 6.09. The highest BCUT2D eigenvalue weighted by Crippen LogP contribution is 2.37. The molecule has 0 amide bonds. The molecule has 2 nitrogen and oxygen atoms in total. The van der Waals surface area contributed by atoms with Crippen LogP contribution in [0.5, 0.6) is 0 Å². The summed E-state index contributed by atoms with van der Waals surface area (Å²) in [6, 6.07) is 0.842. The van der Waals surface area contributed by atoms with Crippen LogP contribution in [-0.4, -0.2) is 31.1 Å². The predicted octanol–water partition coefficient (Wildman–Crippen LogP) is 3.16. The maximum atomic E-state index is 6.09. The van der Waals surface area contributed by atoms with Gasteiger partial charge in [-0.05, 0) is 44.7 Å². The van der Waals surface area contributed by atoms with Crippen LogP contribution in [0, 0.1) is 5.41 Å². The molecule has 0 aliphatic heterocycles. The monoisotopic (exact) mass is 238 g/mol. The van der Waals surface area contributed by atoms with E-state index in [9.17, 15) is 0 Å². The summed E-state index contributed by atoms with van der Waals surface area (Å²) in [6.45, 7) is 2.14. The fourth-order valence-corrected chi connectivity index (χ4v) is 3.91. The largest absolute Gasteiger partial charge is 0.330 e. The van der Waals surface area contributed by atoms with Crippen molar-refractivity contribution in [2.75, 3.05) is 20.1 Å². The van der Waals surface area contributed by atoms with Gasteiger partial charge in [-0.15, -0.1) is 0 Å². The molecule has 17 heavy (non-hydrogen) atoms. The molecule has 0 bridgehead atoms. The Hall–Kier alpha value is -0.0800. The molecule has 0 heterocycles. The van der Waals surface area contributed by atoms with Crippen molar-refractivity contribution < 1.29 is 0 Å². The lowest BCUT2D eigenvalue weighted by molar-refractivity contribution is 0.0866.